The highest BCUT2D eigenvalue weighted by atomic mass is 32.2. The molecule has 1 aliphatic carbocycles. The molecule has 0 aliphatic heterocycles. The van der Waals surface area contributed by atoms with Crippen LogP contribution in [0.3, 0.4) is 0 Å². The van der Waals surface area contributed by atoms with Gasteiger partial charge in [-0.25, -0.2) is 0 Å². The third kappa shape index (κ3) is 4.95. The fraction of sp³-hybridized carbons (Fsp3) is 0.500. The molecule has 0 bridgehead atoms. The molecule has 5 nitrogen and oxygen atoms in total. The van der Waals surface area contributed by atoms with Crippen molar-refractivity contribution in [3.05, 3.63) is 29.3 Å². The third-order valence-electron chi connectivity index (χ3n) is 4.08. The number of carbonyl (C=O) groups excluding carboxylic acids is 1. The fourth-order valence-corrected chi connectivity index (χ4v) is 4.62. The Hall–Kier alpha value is -1.60. The summed E-state index contributed by atoms with van der Waals surface area (Å²) in [5, 5.41) is 15.2. The van der Waals surface area contributed by atoms with Crippen LogP contribution in [0, 0.1) is 5.92 Å². The van der Waals surface area contributed by atoms with Crippen molar-refractivity contribution in [1.82, 2.24) is 10.2 Å². The number of anilines is 2. The molecule has 0 saturated heterocycles. The second-order valence-corrected chi connectivity index (χ2v) is 9.30. The first-order valence-corrected chi connectivity index (χ1v) is 10.4. The van der Waals surface area contributed by atoms with E-state index in [1.807, 2.05) is 13.0 Å². The van der Waals surface area contributed by atoms with Gasteiger partial charge in [-0.05, 0) is 55.4 Å². The standard InChI is InChI=1S/C18H24N4OS2/c1-11(2)10-19-17-21-22-18(25-17)24-12(3)16(23)20-15-8-7-13-5-4-6-14(13)9-15/h7-9,11-12H,4-6,10H2,1-3H3,(H,19,21)(H,20,23)/t12-/m0/s1. The smallest absolute Gasteiger partial charge is 0.237 e. The summed E-state index contributed by atoms with van der Waals surface area (Å²) in [6, 6.07) is 6.24. The van der Waals surface area contributed by atoms with Crippen LogP contribution in [0.5, 0.6) is 0 Å². The van der Waals surface area contributed by atoms with Gasteiger partial charge >= 0.3 is 0 Å². The van der Waals surface area contributed by atoms with Crippen LogP contribution in [0.4, 0.5) is 10.8 Å². The predicted molar refractivity (Wildman–Crippen MR) is 106 cm³/mol. The first kappa shape index (κ1) is 18.2. The molecule has 1 aromatic heterocycles. The number of amides is 1. The number of nitrogens with one attached hydrogen (secondary N) is 2. The van der Waals surface area contributed by atoms with E-state index in [1.165, 1.54) is 40.6 Å². The van der Waals surface area contributed by atoms with Crippen LogP contribution in [0.15, 0.2) is 22.5 Å². The van der Waals surface area contributed by atoms with Crippen LogP contribution in [0.1, 0.15) is 38.3 Å². The van der Waals surface area contributed by atoms with Gasteiger partial charge in [0.1, 0.15) is 0 Å². The molecule has 0 unspecified atom stereocenters. The van der Waals surface area contributed by atoms with Crippen molar-refractivity contribution < 1.29 is 4.79 Å². The second kappa shape index (κ2) is 8.19. The fourth-order valence-electron chi connectivity index (χ4n) is 2.72. The number of nitrogens with zero attached hydrogens (tertiary/aromatic N) is 2. The molecule has 0 fully saturated rings. The van der Waals surface area contributed by atoms with Crippen molar-refractivity contribution in [3.63, 3.8) is 0 Å². The average Bonchev–Trinajstić information content (AvgIpc) is 3.21. The van der Waals surface area contributed by atoms with Gasteiger partial charge in [0.2, 0.25) is 11.0 Å². The zero-order chi connectivity index (χ0) is 17.8. The number of hydrogen-bond donors (Lipinski definition) is 2. The van der Waals surface area contributed by atoms with Crippen molar-refractivity contribution >= 4 is 39.8 Å². The molecule has 0 spiro atoms. The summed E-state index contributed by atoms with van der Waals surface area (Å²) in [6.45, 7) is 7.06. The summed E-state index contributed by atoms with van der Waals surface area (Å²) in [5.74, 6) is 0.548. The van der Waals surface area contributed by atoms with Gasteiger partial charge in [0.05, 0.1) is 5.25 Å². The highest BCUT2D eigenvalue weighted by molar-refractivity contribution is 8.02. The Morgan fingerprint density at radius 2 is 2.04 bits per heavy atom. The predicted octanol–water partition coefficient (Wildman–Crippen LogP) is 4.21. The molecule has 0 saturated carbocycles. The zero-order valence-corrected chi connectivity index (χ0v) is 16.5. The molecule has 1 aliphatic rings. The molecule has 1 amide bonds. The maximum Gasteiger partial charge on any atom is 0.237 e. The molecule has 134 valence electrons. The van der Waals surface area contributed by atoms with Gasteiger partial charge in [0.25, 0.3) is 0 Å². The van der Waals surface area contributed by atoms with Gasteiger partial charge in [0, 0.05) is 12.2 Å². The molecule has 1 heterocycles. The van der Waals surface area contributed by atoms with Gasteiger partial charge in [0.15, 0.2) is 4.34 Å². The maximum absolute atomic E-state index is 12.4. The molecule has 1 atom stereocenters. The van der Waals surface area contributed by atoms with Crippen molar-refractivity contribution in [2.45, 2.75) is 49.6 Å². The van der Waals surface area contributed by atoms with E-state index < -0.39 is 0 Å². The van der Waals surface area contributed by atoms with E-state index in [4.69, 9.17) is 0 Å². The summed E-state index contributed by atoms with van der Waals surface area (Å²) < 4.78 is 0.808. The monoisotopic (exact) mass is 376 g/mol. The molecule has 1 aromatic carbocycles. The molecule has 2 aromatic rings. The van der Waals surface area contributed by atoms with Gasteiger partial charge in [-0.3, -0.25) is 4.79 Å². The minimum absolute atomic E-state index is 0.00478. The summed E-state index contributed by atoms with van der Waals surface area (Å²) >= 11 is 2.94. The minimum atomic E-state index is -0.223. The highest BCUT2D eigenvalue weighted by Crippen LogP contribution is 2.30. The van der Waals surface area contributed by atoms with E-state index in [9.17, 15) is 4.79 Å². The Balaban J connectivity index is 1.54. The number of fused-ring (bicyclic) bond motifs is 1. The van der Waals surface area contributed by atoms with E-state index in [-0.39, 0.29) is 11.2 Å². The first-order valence-electron chi connectivity index (χ1n) is 8.68. The number of rotatable bonds is 7. The van der Waals surface area contributed by atoms with Crippen molar-refractivity contribution in [2.75, 3.05) is 17.2 Å². The minimum Gasteiger partial charge on any atom is -0.360 e. The van der Waals surface area contributed by atoms with E-state index in [0.29, 0.717) is 5.92 Å². The van der Waals surface area contributed by atoms with Crippen LogP contribution in [0.25, 0.3) is 0 Å². The third-order valence-corrected chi connectivity index (χ3v) is 6.15. The van der Waals surface area contributed by atoms with Crippen molar-refractivity contribution in [3.8, 4) is 0 Å². The number of aryl methyl sites for hydroxylation is 2. The van der Waals surface area contributed by atoms with Crippen LogP contribution in [-0.2, 0) is 17.6 Å². The van der Waals surface area contributed by atoms with Crippen LogP contribution in [0.2, 0.25) is 0 Å². The Morgan fingerprint density at radius 3 is 2.84 bits per heavy atom. The summed E-state index contributed by atoms with van der Waals surface area (Å²) in [6.07, 6.45) is 3.48. The van der Waals surface area contributed by atoms with Gasteiger partial charge < -0.3 is 10.6 Å². The number of thioether (sulfide) groups is 1. The Morgan fingerprint density at radius 1 is 1.24 bits per heavy atom. The average molecular weight is 377 g/mol. The van der Waals surface area contributed by atoms with E-state index in [1.54, 1.807) is 0 Å². The lowest BCUT2D eigenvalue weighted by Gasteiger charge is -2.11. The van der Waals surface area contributed by atoms with E-state index >= 15 is 0 Å². The van der Waals surface area contributed by atoms with Gasteiger partial charge in [-0.15, -0.1) is 10.2 Å². The summed E-state index contributed by atoms with van der Waals surface area (Å²) in [4.78, 5) is 12.4. The molecular weight excluding hydrogens is 352 g/mol. The normalized spacial score (nSPS) is 14.4. The molecule has 7 heteroatoms. The zero-order valence-electron chi connectivity index (χ0n) is 14.8. The molecule has 3 rings (SSSR count). The Bertz CT molecular complexity index is 744. The largest absolute Gasteiger partial charge is 0.360 e. The van der Waals surface area contributed by atoms with Crippen molar-refractivity contribution in [2.24, 2.45) is 5.92 Å². The molecule has 25 heavy (non-hydrogen) atoms. The van der Waals surface area contributed by atoms with Crippen LogP contribution < -0.4 is 10.6 Å². The number of carbonyl (C=O) groups is 1. The number of benzene rings is 1. The van der Waals surface area contributed by atoms with E-state index in [0.717, 1.165) is 34.5 Å². The Labute approximate surface area is 157 Å². The SMILES string of the molecule is CC(C)CNc1nnc(S[C@@H](C)C(=O)Nc2ccc3c(c2)CCC3)s1. The van der Waals surface area contributed by atoms with Crippen molar-refractivity contribution in [1.29, 1.82) is 0 Å². The second-order valence-electron chi connectivity index (χ2n) is 6.73. The quantitative estimate of drug-likeness (QED) is 0.709. The lowest BCUT2D eigenvalue weighted by molar-refractivity contribution is -0.115. The molecular formula is C18H24N4OS2. The molecule has 0 radical (unpaired) electrons. The Kier molecular flexibility index (Phi) is 5.96. The van der Waals surface area contributed by atoms with Gasteiger partial charge in [-0.1, -0.05) is 43.0 Å². The first-order chi connectivity index (χ1) is 12.0. The summed E-state index contributed by atoms with van der Waals surface area (Å²) in [7, 11) is 0. The number of aromatic nitrogens is 2. The topological polar surface area (TPSA) is 66.9 Å². The lowest BCUT2D eigenvalue weighted by atomic mass is 10.1. The maximum atomic E-state index is 12.4. The highest BCUT2D eigenvalue weighted by Gasteiger charge is 2.18. The van der Waals surface area contributed by atoms with E-state index in [2.05, 4.69) is 46.8 Å². The summed E-state index contributed by atoms with van der Waals surface area (Å²) in [5.41, 5.74) is 3.66. The van der Waals surface area contributed by atoms with Crippen LogP contribution >= 0.6 is 23.1 Å². The lowest BCUT2D eigenvalue weighted by Crippen LogP contribution is -2.22. The van der Waals surface area contributed by atoms with Gasteiger partial charge in [-0.2, -0.15) is 0 Å². The molecule has 2 N–H and O–H groups in total. The van der Waals surface area contributed by atoms with Crippen LogP contribution in [-0.4, -0.2) is 27.9 Å². The number of hydrogen-bond acceptors (Lipinski definition) is 6.